The van der Waals surface area contributed by atoms with Crippen LogP contribution < -0.4 is 10.2 Å². The molecule has 2 aliphatic carbocycles. The molecule has 0 saturated carbocycles. The molecule has 8 aromatic carbocycles. The Hall–Kier alpha value is -7.14. The molecule has 61 heavy (non-hydrogen) atoms. The van der Waals surface area contributed by atoms with Gasteiger partial charge in [0.05, 0.1) is 22.6 Å². The summed E-state index contributed by atoms with van der Waals surface area (Å²) in [4.78, 5) is 11.5. The number of hydrogen-bond acceptors (Lipinski definition) is 2. The van der Waals surface area contributed by atoms with Gasteiger partial charge in [0, 0.05) is 28.0 Å². The normalized spacial score (nSPS) is 15.5. The van der Waals surface area contributed by atoms with E-state index in [0.717, 1.165) is 18.0 Å². The van der Waals surface area contributed by atoms with Gasteiger partial charge in [-0.15, -0.1) is 0 Å². The van der Waals surface area contributed by atoms with Crippen molar-refractivity contribution in [2.45, 2.75) is 32.9 Å². The number of nitrogens with zero attached hydrogens (tertiary/aromatic N) is 3. The fraction of sp³-hybridized carbons (Fsp3) is 0.0702. The van der Waals surface area contributed by atoms with Crippen LogP contribution in [0.15, 0.2) is 209 Å². The third kappa shape index (κ3) is 4.68. The first-order valence-corrected chi connectivity index (χ1v) is 24.3. The van der Waals surface area contributed by atoms with Crippen molar-refractivity contribution >= 4 is 65.3 Å². The number of pyridine rings is 1. The largest absolute Gasteiger partial charge is 0.315 e. The van der Waals surface area contributed by atoms with Crippen molar-refractivity contribution in [3.05, 3.63) is 222 Å². The highest BCUT2D eigenvalue weighted by Crippen LogP contribution is 2.84. The summed E-state index contributed by atoms with van der Waals surface area (Å²) in [6.07, 6.45) is 12.6. The summed E-state index contributed by atoms with van der Waals surface area (Å²) in [6.45, 7) is 0. The van der Waals surface area contributed by atoms with Gasteiger partial charge in [0.25, 0.3) is 0 Å². The van der Waals surface area contributed by atoms with E-state index in [0.29, 0.717) is 0 Å². The monoisotopic (exact) mass is 801 g/mol. The SMILES string of the molecule is C[SH](Cc1ccccc1)(c1ccccc1)(c1ccccc1)c1ccc(-c2ccc(-n3c4c5c6c(ccc7c6c6c8c(ccc3c85)C=CC6N7c3ccccn3)CC=4)cc2)cc1. The Morgan fingerprint density at radius 2 is 1.23 bits per heavy atom. The Labute approximate surface area is 355 Å². The molecule has 0 fully saturated rings. The maximum absolute atomic E-state index is 4.85. The van der Waals surface area contributed by atoms with Gasteiger partial charge >= 0.3 is 0 Å². The first kappa shape index (κ1) is 34.7. The molecule has 0 bridgehead atoms. The highest BCUT2D eigenvalue weighted by Gasteiger charge is 2.43. The van der Waals surface area contributed by atoms with Crippen LogP contribution in [0.2, 0.25) is 0 Å². The molecule has 2 aromatic heterocycles. The summed E-state index contributed by atoms with van der Waals surface area (Å²) < 4.78 is 2.52. The molecule has 292 valence electrons. The fourth-order valence-corrected chi connectivity index (χ4v) is 16.9. The van der Waals surface area contributed by atoms with Crippen molar-refractivity contribution in [3.8, 4) is 16.8 Å². The second-order valence-corrected chi connectivity index (χ2v) is 22.9. The van der Waals surface area contributed by atoms with Crippen molar-refractivity contribution < 1.29 is 0 Å². The lowest BCUT2D eigenvalue weighted by molar-refractivity contribution is 0.877. The van der Waals surface area contributed by atoms with Gasteiger partial charge in [0.1, 0.15) is 5.82 Å². The maximum Gasteiger partial charge on any atom is 0.133 e. The van der Waals surface area contributed by atoms with Gasteiger partial charge in [0.15, 0.2) is 0 Å². The van der Waals surface area contributed by atoms with Gasteiger partial charge in [0.2, 0.25) is 0 Å². The second kappa shape index (κ2) is 12.7. The van der Waals surface area contributed by atoms with Crippen LogP contribution in [0.3, 0.4) is 0 Å². The molecule has 0 amide bonds. The Morgan fingerprint density at radius 1 is 0.574 bits per heavy atom. The summed E-state index contributed by atoms with van der Waals surface area (Å²) in [5, 5.41) is 8.28. The first-order chi connectivity index (χ1) is 30.1. The number of rotatable bonds is 8. The van der Waals surface area contributed by atoms with Crippen molar-refractivity contribution in [3.63, 3.8) is 0 Å². The zero-order valence-electron chi connectivity index (χ0n) is 33.9. The predicted octanol–water partition coefficient (Wildman–Crippen LogP) is 13.7. The second-order valence-electron chi connectivity index (χ2n) is 17.4. The van der Waals surface area contributed by atoms with Crippen LogP contribution in [0.4, 0.5) is 11.5 Å². The third-order valence-electron chi connectivity index (χ3n) is 14.3. The smallest absolute Gasteiger partial charge is 0.133 e. The van der Waals surface area contributed by atoms with Crippen LogP contribution in [0, 0.1) is 0 Å². The molecule has 13 rings (SSSR count). The summed E-state index contributed by atoms with van der Waals surface area (Å²) >= 11 is 0. The average molecular weight is 802 g/mol. The fourth-order valence-electron chi connectivity index (χ4n) is 11.5. The van der Waals surface area contributed by atoms with E-state index in [1.807, 2.05) is 12.3 Å². The first-order valence-electron chi connectivity index (χ1n) is 21.4. The molecule has 10 aromatic rings. The average Bonchev–Trinajstić information content (AvgIpc) is 3.87. The number of benzene rings is 8. The highest BCUT2D eigenvalue weighted by atomic mass is 32.3. The molecule has 3 nitrogen and oxygen atoms in total. The molecule has 0 N–H and O–H groups in total. The van der Waals surface area contributed by atoms with E-state index in [2.05, 4.69) is 210 Å². The molecule has 1 unspecified atom stereocenters. The maximum atomic E-state index is 4.85. The minimum atomic E-state index is -2.98. The lowest BCUT2D eigenvalue weighted by Crippen LogP contribution is -2.21. The Kier molecular flexibility index (Phi) is 7.22. The minimum Gasteiger partial charge on any atom is -0.315 e. The van der Waals surface area contributed by atoms with E-state index in [1.165, 1.54) is 97.2 Å². The van der Waals surface area contributed by atoms with Crippen LogP contribution in [0.5, 0.6) is 0 Å². The molecule has 3 aliphatic rings. The number of hydrogen-bond donors (Lipinski definition) is 1. The van der Waals surface area contributed by atoms with Gasteiger partial charge in [-0.25, -0.2) is 14.1 Å². The van der Waals surface area contributed by atoms with E-state index < -0.39 is 9.16 Å². The van der Waals surface area contributed by atoms with Crippen LogP contribution in [-0.4, -0.2) is 15.8 Å². The molecule has 4 heteroatoms. The van der Waals surface area contributed by atoms with E-state index >= 15 is 0 Å². The van der Waals surface area contributed by atoms with Gasteiger partial charge in [-0.1, -0.05) is 164 Å². The molecule has 0 spiro atoms. The van der Waals surface area contributed by atoms with Gasteiger partial charge in [-0.05, 0) is 114 Å². The van der Waals surface area contributed by atoms with Gasteiger partial charge < -0.3 is 9.47 Å². The highest BCUT2D eigenvalue weighted by molar-refractivity contribution is 8.48. The zero-order valence-corrected chi connectivity index (χ0v) is 34.8. The van der Waals surface area contributed by atoms with Gasteiger partial charge in [-0.3, -0.25) is 0 Å². The third-order valence-corrected chi connectivity index (χ3v) is 20.6. The summed E-state index contributed by atoms with van der Waals surface area (Å²) in [7, 11) is -2.98. The molecule has 3 heterocycles. The summed E-state index contributed by atoms with van der Waals surface area (Å²) in [5.74, 6) is 1.95. The summed E-state index contributed by atoms with van der Waals surface area (Å²) in [5.41, 5.74) is 11.7. The Morgan fingerprint density at radius 3 is 1.92 bits per heavy atom. The van der Waals surface area contributed by atoms with E-state index in [9.17, 15) is 0 Å². The predicted molar refractivity (Wildman–Crippen MR) is 258 cm³/mol. The summed E-state index contributed by atoms with van der Waals surface area (Å²) in [6, 6.07) is 68.1. The number of anilines is 2. The van der Waals surface area contributed by atoms with Crippen molar-refractivity contribution in [1.82, 2.24) is 9.55 Å². The van der Waals surface area contributed by atoms with Crippen LogP contribution in [0.1, 0.15) is 28.3 Å². The lowest BCUT2D eigenvalue weighted by Gasteiger charge is -2.60. The Bertz CT molecular complexity index is 3430. The molecule has 0 radical (unpaired) electrons. The topological polar surface area (TPSA) is 21.1 Å². The number of aromatic nitrogens is 2. The molecule has 1 aliphatic heterocycles. The number of thiol groups is 1. The van der Waals surface area contributed by atoms with E-state index in [4.69, 9.17) is 4.98 Å². The molecular weight excluding hydrogens is 759 g/mol. The molecule has 1 atom stereocenters. The van der Waals surface area contributed by atoms with Crippen molar-refractivity contribution in [2.75, 3.05) is 11.2 Å². The van der Waals surface area contributed by atoms with Crippen molar-refractivity contribution in [1.29, 1.82) is 0 Å². The lowest BCUT2D eigenvalue weighted by atomic mass is 9.83. The van der Waals surface area contributed by atoms with Gasteiger partial charge in [-0.2, -0.15) is 0 Å². The van der Waals surface area contributed by atoms with Crippen LogP contribution >= 0.6 is 9.16 Å². The van der Waals surface area contributed by atoms with E-state index in [1.54, 1.807) is 0 Å². The minimum absolute atomic E-state index is 0.111. The standard InChI is InChI=1S/C57H43N3S/c1-61(44-15-7-3-8-16-44,45-17-9-4-10-18-45,37-38-13-5-2-6-14-38)46-30-22-40(23-31-46)39-20-28-43(29-21-39)59-47-32-24-41-26-34-49-56-52(41)54(47)55-48(59)33-25-42-27-35-50(57(56)53(42)55)60(49)51-19-11-12-36-58-51/h2-24,26-36,49,61H,25,37H2,1H3. The molecule has 0 saturated heterocycles. The molecular formula is C57H43N3S. The van der Waals surface area contributed by atoms with Crippen LogP contribution in [-0.2, 0) is 12.2 Å². The van der Waals surface area contributed by atoms with E-state index in [-0.39, 0.29) is 6.04 Å². The zero-order chi connectivity index (χ0) is 40.3. The quantitative estimate of drug-likeness (QED) is 0.122. The van der Waals surface area contributed by atoms with Crippen molar-refractivity contribution in [2.24, 2.45) is 0 Å². The van der Waals surface area contributed by atoms with Crippen LogP contribution in [0.25, 0.3) is 61.4 Å². The Balaban J connectivity index is 0.942.